The molecule has 3 heteroatoms. The molecule has 0 fully saturated rings. The van der Waals surface area contributed by atoms with E-state index in [1.54, 1.807) is 0 Å². The lowest BCUT2D eigenvalue weighted by atomic mass is 10.0. The molecule has 0 unspecified atom stereocenters. The average Bonchev–Trinajstić information content (AvgIpc) is 2.75. The molecular weight excluding hydrogens is 366 g/mol. The minimum absolute atomic E-state index is 1.07. The second kappa shape index (κ2) is 26.3. The number of hydrogen-bond acceptors (Lipinski definition) is 0. The van der Waals surface area contributed by atoms with Crippen LogP contribution >= 0.6 is 0 Å². The van der Waals surface area contributed by atoms with Gasteiger partial charge in [-0.25, -0.2) is 0 Å². The van der Waals surface area contributed by atoms with E-state index in [1.807, 2.05) is 0 Å². The Morgan fingerprint density at radius 3 is 1.13 bits per heavy atom. The number of unbranched alkanes of at least 4 members (excludes halogenated alkanes) is 17. The van der Waals surface area contributed by atoms with E-state index < -0.39 is 0 Å². The number of hydrogen-bond donors (Lipinski definition) is 3. The summed E-state index contributed by atoms with van der Waals surface area (Å²) in [5.41, 5.74) is 0. The minimum Gasteiger partial charge on any atom is -0.278 e. The molecule has 0 amide bonds. The second-order valence-electron chi connectivity index (χ2n) is 9.17. The Bertz CT molecular complexity index is 329. The molecule has 0 aromatic rings. The summed E-state index contributed by atoms with van der Waals surface area (Å²) < 4.78 is 0. The van der Waals surface area contributed by atoms with Gasteiger partial charge in [0.2, 0.25) is 0 Å². The van der Waals surface area contributed by atoms with Crippen LogP contribution in [0.4, 0.5) is 0 Å². The first kappa shape index (κ1) is 29.3. The van der Waals surface area contributed by atoms with Gasteiger partial charge < -0.3 is 0 Å². The Labute approximate surface area is 190 Å². The van der Waals surface area contributed by atoms with Crippen molar-refractivity contribution in [2.24, 2.45) is 0 Å². The molecule has 180 valence electrons. The quantitative estimate of drug-likeness (QED) is 0.0999. The van der Waals surface area contributed by atoms with Gasteiger partial charge in [-0.3, -0.25) is 15.6 Å². The van der Waals surface area contributed by atoms with Crippen molar-refractivity contribution in [3.63, 3.8) is 0 Å². The van der Waals surface area contributed by atoms with Gasteiger partial charge in [-0.1, -0.05) is 130 Å². The summed E-state index contributed by atoms with van der Waals surface area (Å²) in [6, 6.07) is 0. The van der Waals surface area contributed by atoms with E-state index in [4.69, 9.17) is 0 Å². The minimum atomic E-state index is 1.07. The fourth-order valence-electron chi connectivity index (χ4n) is 3.85. The zero-order chi connectivity index (χ0) is 22.0. The summed E-state index contributed by atoms with van der Waals surface area (Å²) in [7, 11) is 0. The molecule has 3 nitrogen and oxygen atoms in total. The van der Waals surface area contributed by atoms with Crippen LogP contribution in [-0.4, -0.2) is 25.6 Å². The highest BCUT2D eigenvalue weighted by molar-refractivity contribution is 5.73. The third kappa shape index (κ3) is 23.5. The van der Waals surface area contributed by atoms with E-state index in [1.165, 1.54) is 128 Å². The predicted octanol–water partition coefficient (Wildman–Crippen LogP) is 6.46. The molecule has 0 radical (unpaired) electrons. The van der Waals surface area contributed by atoms with Gasteiger partial charge in [-0.15, -0.1) is 0 Å². The maximum absolute atomic E-state index is 3.58. The molecule has 0 bridgehead atoms. The van der Waals surface area contributed by atoms with E-state index in [2.05, 4.69) is 36.4 Å². The van der Waals surface area contributed by atoms with Crippen molar-refractivity contribution in [2.45, 2.75) is 149 Å². The van der Waals surface area contributed by atoms with Crippen molar-refractivity contribution in [1.82, 2.24) is 10.6 Å². The van der Waals surface area contributed by atoms with Crippen molar-refractivity contribution in [3.8, 4) is 0 Å². The van der Waals surface area contributed by atoms with Crippen molar-refractivity contribution >= 4 is 5.96 Å². The third-order valence-corrected chi connectivity index (χ3v) is 6.00. The second-order valence-corrected chi connectivity index (χ2v) is 9.17. The molecule has 0 spiro atoms. The Kier molecular flexibility index (Phi) is 25.7. The summed E-state index contributed by atoms with van der Waals surface area (Å²) in [4.78, 5) is 3.58. The van der Waals surface area contributed by atoms with Gasteiger partial charge in [0, 0.05) is 0 Å². The molecule has 0 aliphatic rings. The molecule has 0 saturated heterocycles. The molecule has 0 aliphatic heterocycles. The van der Waals surface area contributed by atoms with Gasteiger partial charge in [-0.2, -0.15) is 0 Å². The fraction of sp³-hybridized carbons (Fsp3) is 0.963. The first-order valence-corrected chi connectivity index (χ1v) is 13.9. The monoisotopic (exact) mass is 424 g/mol. The Morgan fingerprint density at radius 2 is 0.767 bits per heavy atom. The fourth-order valence-corrected chi connectivity index (χ4v) is 3.85. The lowest BCUT2D eigenvalue weighted by molar-refractivity contribution is -0.462. The summed E-state index contributed by atoms with van der Waals surface area (Å²) in [5.74, 6) is 1.15. The third-order valence-electron chi connectivity index (χ3n) is 6.00. The summed E-state index contributed by atoms with van der Waals surface area (Å²) in [5, 5.41) is 7.06. The van der Waals surface area contributed by atoms with Crippen LogP contribution in [0, 0.1) is 0 Å². The van der Waals surface area contributed by atoms with Crippen LogP contribution in [0.15, 0.2) is 0 Å². The molecule has 0 aromatic heterocycles. The van der Waals surface area contributed by atoms with E-state index in [9.17, 15) is 0 Å². The zero-order valence-electron chi connectivity index (χ0n) is 21.3. The van der Waals surface area contributed by atoms with Crippen molar-refractivity contribution in [1.29, 1.82) is 0 Å². The van der Waals surface area contributed by atoms with Crippen molar-refractivity contribution < 1.29 is 4.99 Å². The maximum Gasteiger partial charge on any atom is 0.343 e. The van der Waals surface area contributed by atoms with Gasteiger partial charge in [0.05, 0.1) is 19.6 Å². The molecule has 0 rings (SSSR count). The molecule has 30 heavy (non-hydrogen) atoms. The largest absolute Gasteiger partial charge is 0.343 e. The Morgan fingerprint density at radius 1 is 0.433 bits per heavy atom. The van der Waals surface area contributed by atoms with Crippen molar-refractivity contribution in [2.75, 3.05) is 19.6 Å². The van der Waals surface area contributed by atoms with Crippen LogP contribution < -0.4 is 15.6 Å². The summed E-state index contributed by atoms with van der Waals surface area (Å²) >= 11 is 0. The van der Waals surface area contributed by atoms with E-state index >= 15 is 0 Å². The van der Waals surface area contributed by atoms with Crippen LogP contribution in [0.3, 0.4) is 0 Å². The highest BCUT2D eigenvalue weighted by Crippen LogP contribution is 2.13. The van der Waals surface area contributed by atoms with E-state index in [0.29, 0.717) is 0 Å². The molecule has 0 atom stereocenters. The first-order chi connectivity index (χ1) is 14.8. The van der Waals surface area contributed by atoms with Crippen molar-refractivity contribution in [3.05, 3.63) is 0 Å². The van der Waals surface area contributed by atoms with Gasteiger partial charge >= 0.3 is 5.96 Å². The molecule has 0 aliphatic carbocycles. The van der Waals surface area contributed by atoms with E-state index in [-0.39, 0.29) is 0 Å². The van der Waals surface area contributed by atoms with Crippen LogP contribution in [0.2, 0.25) is 0 Å². The highest BCUT2D eigenvalue weighted by Gasteiger charge is 2.03. The van der Waals surface area contributed by atoms with Gasteiger partial charge in [0.1, 0.15) is 0 Å². The molecule has 0 heterocycles. The topological polar surface area (TPSA) is 38.0 Å². The number of rotatable bonds is 23. The molecule has 0 aromatic carbocycles. The lowest BCUT2D eigenvalue weighted by Crippen LogP contribution is -2.79. The highest BCUT2D eigenvalue weighted by atomic mass is 15.2. The summed E-state index contributed by atoms with van der Waals surface area (Å²) in [6.07, 6.45) is 27.9. The summed E-state index contributed by atoms with van der Waals surface area (Å²) in [6.45, 7) is 10.0. The van der Waals surface area contributed by atoms with Crippen LogP contribution in [-0.2, 0) is 0 Å². The SMILES string of the molecule is CCCCCCCCCCCCCCCCCC[NH+]=C(NCCCC)NCCCC. The van der Waals surface area contributed by atoms with Gasteiger partial charge in [0.15, 0.2) is 0 Å². The maximum atomic E-state index is 3.58. The molecular formula is C27H58N3+. The zero-order valence-corrected chi connectivity index (χ0v) is 21.3. The smallest absolute Gasteiger partial charge is 0.278 e. The Balaban J connectivity index is 3.43. The normalized spacial score (nSPS) is 10.9. The predicted molar refractivity (Wildman–Crippen MR) is 136 cm³/mol. The van der Waals surface area contributed by atoms with Crippen LogP contribution in [0.25, 0.3) is 0 Å². The van der Waals surface area contributed by atoms with Gasteiger partial charge in [0.25, 0.3) is 0 Å². The lowest BCUT2D eigenvalue weighted by Gasteiger charge is -2.06. The molecule has 0 saturated carbocycles. The average molecular weight is 425 g/mol. The molecule has 3 N–H and O–H groups in total. The Hall–Kier alpha value is -0.730. The van der Waals surface area contributed by atoms with E-state index in [0.717, 1.165) is 25.6 Å². The van der Waals surface area contributed by atoms with Gasteiger partial charge in [-0.05, 0) is 19.3 Å². The number of nitrogens with one attached hydrogen (secondary N) is 3. The van der Waals surface area contributed by atoms with Crippen LogP contribution in [0.1, 0.15) is 149 Å². The van der Waals surface area contributed by atoms with Crippen LogP contribution in [0.5, 0.6) is 0 Å². The number of guanidine groups is 1. The standard InChI is InChI=1S/C27H57N3/c1-4-7-10-11-12-13-14-15-16-17-18-19-20-21-22-23-26-30-27(28-24-8-5-2)29-25-9-6-3/h4-26H2,1-3H3,(H2,28,29,30)/p+1. The first-order valence-electron chi connectivity index (χ1n) is 13.9.